The molecule has 15 atom stereocenters. The average Bonchev–Trinajstić information content (AvgIpc) is 0.756. The van der Waals surface area contributed by atoms with Crippen LogP contribution >= 0.6 is 0 Å². The van der Waals surface area contributed by atoms with E-state index in [9.17, 15) is 19.2 Å². The molecular weight excluding hydrogens is 1510 g/mol. The molecule has 3 fully saturated rings. The van der Waals surface area contributed by atoms with Gasteiger partial charge in [-0.15, -0.1) is 0 Å². The standard InChI is InChI=1S/C95H84O23/c96-86(67-42-20-5-21-43-67)107-61-75-78(116-93-83(106-59-66-40-18-4-19-41-66)80(105-58-65-38-16-3-17-39-65)77(104-57-64-36-14-2-15-37-64)74(109-93)60-103-56-63-34-12-1-13-35-63)81(112-88(98)69-46-24-7-25-47-69)84(114-90(100)71-50-28-9-29-51-71)94(110-75)117-79-76(62-108-87(97)68-44-22-6-23-45-68)111-95(118-92(102)73-54-32-11-33-55-73)85(115-91(101)72-52-30-10-31-53-72)82(79)113-89(99)70-48-26-8-27-49-70/h1-55,74-85,93-95H,56-62H2/t74-,75-,76-,77-,78-,79-,80-,81+,82+,83-,84-,85+,93+,94+,95+/m0/s1. The van der Waals surface area contributed by atoms with Gasteiger partial charge in [-0.1, -0.05) is 249 Å². The van der Waals surface area contributed by atoms with Crippen molar-refractivity contribution in [3.8, 4) is 0 Å². The molecule has 3 saturated heterocycles. The second-order valence-corrected chi connectivity index (χ2v) is 27.8. The van der Waals surface area contributed by atoms with Crippen molar-refractivity contribution >= 4 is 41.8 Å². The Bertz CT molecular complexity index is 4990. The van der Waals surface area contributed by atoms with Gasteiger partial charge in [-0.25, -0.2) is 33.6 Å². The maximum absolute atomic E-state index is 15.6. The molecule has 23 heteroatoms. The highest BCUT2D eigenvalue weighted by atomic mass is 16.8. The summed E-state index contributed by atoms with van der Waals surface area (Å²) in [6.07, 6.45) is -26.3. The van der Waals surface area contributed by atoms with Gasteiger partial charge in [0.1, 0.15) is 62.0 Å². The predicted octanol–water partition coefficient (Wildman–Crippen LogP) is 14.4. The van der Waals surface area contributed by atoms with Crippen molar-refractivity contribution in [2.24, 2.45) is 0 Å². The first-order valence-corrected chi connectivity index (χ1v) is 38.5. The molecular formula is C95H84O23. The van der Waals surface area contributed by atoms with Crippen LogP contribution in [0.15, 0.2) is 334 Å². The van der Waals surface area contributed by atoms with E-state index in [-0.39, 0.29) is 72.0 Å². The summed E-state index contributed by atoms with van der Waals surface area (Å²) in [5.74, 6) is -6.94. The Kier molecular flexibility index (Phi) is 28.6. The number of esters is 7. The van der Waals surface area contributed by atoms with Crippen molar-refractivity contribution < 1.29 is 109 Å². The van der Waals surface area contributed by atoms with Gasteiger partial charge in [0.25, 0.3) is 0 Å². The summed E-state index contributed by atoms with van der Waals surface area (Å²) in [7, 11) is 0. The van der Waals surface area contributed by atoms with Crippen molar-refractivity contribution in [3.63, 3.8) is 0 Å². The molecule has 0 amide bonds. The predicted molar refractivity (Wildman–Crippen MR) is 425 cm³/mol. The first-order valence-electron chi connectivity index (χ1n) is 38.5. The highest BCUT2D eigenvalue weighted by Gasteiger charge is 2.60. The largest absolute Gasteiger partial charge is 0.459 e. The number of benzene rings is 11. The van der Waals surface area contributed by atoms with Crippen LogP contribution in [0, 0.1) is 0 Å². The third-order valence-electron chi connectivity index (χ3n) is 19.6. The van der Waals surface area contributed by atoms with Crippen molar-refractivity contribution in [2.45, 2.75) is 119 Å². The summed E-state index contributed by atoms with van der Waals surface area (Å²) < 4.78 is 110. The molecule has 0 radical (unpaired) electrons. The summed E-state index contributed by atoms with van der Waals surface area (Å²) in [6, 6.07) is 92.6. The molecule has 602 valence electrons. The van der Waals surface area contributed by atoms with Crippen molar-refractivity contribution in [2.75, 3.05) is 19.8 Å². The van der Waals surface area contributed by atoms with Gasteiger partial charge >= 0.3 is 41.8 Å². The van der Waals surface area contributed by atoms with Crippen molar-refractivity contribution in [1.82, 2.24) is 0 Å². The molecule has 23 nitrogen and oxygen atoms in total. The number of hydrogen-bond donors (Lipinski definition) is 0. The van der Waals surface area contributed by atoms with Crippen molar-refractivity contribution in [3.05, 3.63) is 395 Å². The van der Waals surface area contributed by atoms with Crippen LogP contribution in [-0.2, 0) is 102 Å². The Labute approximate surface area is 681 Å². The lowest BCUT2D eigenvalue weighted by atomic mass is 9.94. The van der Waals surface area contributed by atoms with Crippen LogP contribution in [0.1, 0.15) is 94.8 Å². The maximum atomic E-state index is 15.6. The summed E-state index contributed by atoms with van der Waals surface area (Å²) in [4.78, 5) is 105. The third kappa shape index (κ3) is 21.9. The van der Waals surface area contributed by atoms with Gasteiger partial charge in [0.15, 0.2) is 30.9 Å². The van der Waals surface area contributed by atoms with Gasteiger partial charge in [0.2, 0.25) is 12.4 Å². The number of rotatable bonds is 33. The lowest BCUT2D eigenvalue weighted by molar-refractivity contribution is -0.381. The van der Waals surface area contributed by atoms with Gasteiger partial charge in [0, 0.05) is 0 Å². The molecule has 0 aliphatic carbocycles. The molecule has 0 N–H and O–H groups in total. The van der Waals surface area contributed by atoms with E-state index in [4.69, 9.17) is 75.8 Å². The van der Waals surface area contributed by atoms with E-state index in [0.717, 1.165) is 22.3 Å². The molecule has 0 unspecified atom stereocenters. The van der Waals surface area contributed by atoms with E-state index in [1.807, 2.05) is 121 Å². The monoisotopic (exact) mass is 1590 g/mol. The highest BCUT2D eigenvalue weighted by molar-refractivity contribution is 5.93. The van der Waals surface area contributed by atoms with E-state index >= 15 is 14.4 Å². The van der Waals surface area contributed by atoms with Gasteiger partial charge in [0.05, 0.1) is 72.0 Å². The fourth-order valence-electron chi connectivity index (χ4n) is 13.7. The molecule has 11 aromatic carbocycles. The number of carbonyl (C=O) groups is 7. The first kappa shape index (κ1) is 81.9. The van der Waals surface area contributed by atoms with Crippen LogP contribution in [0.3, 0.4) is 0 Å². The second kappa shape index (κ2) is 41.3. The van der Waals surface area contributed by atoms with Crippen LogP contribution in [0.5, 0.6) is 0 Å². The minimum absolute atomic E-state index is 0.00778. The summed E-state index contributed by atoms with van der Waals surface area (Å²) in [5.41, 5.74) is 3.24. The second-order valence-electron chi connectivity index (χ2n) is 27.8. The quantitative estimate of drug-likeness (QED) is 0.0273. The zero-order valence-corrected chi connectivity index (χ0v) is 63.8. The molecule has 0 saturated carbocycles. The molecule has 0 bridgehead atoms. The Morgan fingerprint density at radius 3 is 0.780 bits per heavy atom. The van der Waals surface area contributed by atoms with E-state index in [2.05, 4.69) is 0 Å². The van der Waals surface area contributed by atoms with Crippen molar-refractivity contribution in [1.29, 1.82) is 0 Å². The Hall–Kier alpha value is -12.7. The normalized spacial score (nSPS) is 22.7. The highest BCUT2D eigenvalue weighted by Crippen LogP contribution is 2.40. The van der Waals surface area contributed by atoms with Gasteiger partial charge in [-0.05, 0) is 107 Å². The van der Waals surface area contributed by atoms with Crippen LogP contribution in [0.25, 0.3) is 0 Å². The molecule has 0 aromatic heterocycles. The summed E-state index contributed by atoms with van der Waals surface area (Å²) in [5, 5.41) is 0. The number of carbonyl (C=O) groups excluding carboxylic acids is 7. The minimum atomic E-state index is -2.21. The zero-order chi connectivity index (χ0) is 81.2. The smallest absolute Gasteiger partial charge is 0.340 e. The molecule has 3 aliphatic rings. The fourth-order valence-corrected chi connectivity index (χ4v) is 13.7. The topological polar surface area (TPSA) is 267 Å². The molecule has 3 aliphatic heterocycles. The average molecular weight is 1590 g/mol. The van der Waals surface area contributed by atoms with Gasteiger partial charge in [-0.2, -0.15) is 0 Å². The number of ether oxygens (including phenoxy) is 16. The Morgan fingerprint density at radius 2 is 0.449 bits per heavy atom. The maximum Gasteiger partial charge on any atom is 0.340 e. The minimum Gasteiger partial charge on any atom is -0.459 e. The van der Waals surface area contributed by atoms with Crippen LogP contribution in [-0.4, -0.2) is 154 Å². The summed E-state index contributed by atoms with van der Waals surface area (Å²) in [6.45, 7) is -1.74. The van der Waals surface area contributed by atoms with Crippen LogP contribution < -0.4 is 0 Å². The first-order chi connectivity index (χ1) is 57.9. The number of hydrogen-bond acceptors (Lipinski definition) is 23. The Balaban J connectivity index is 0.946. The molecule has 118 heavy (non-hydrogen) atoms. The third-order valence-corrected chi connectivity index (χ3v) is 19.6. The SMILES string of the molecule is O=C(OC[C@@H]1O[C@H](OC(=O)c2ccccc2)[C@H](OC(=O)c2ccccc2)[C@H](OC(=O)c2ccccc2)[C@H]1O[C@H]1O[C@@H](COC(=O)c2ccccc2)[C@H](O[C@H]2O[C@@H](COCc3ccccc3)[C@H](OCc3ccccc3)[C@H](OCc3ccccc3)[C@@H]2OCc2ccccc2)[C@@H](OC(=O)c2ccccc2)[C@@H]1OC(=O)c1ccccc1)c1ccccc1. The zero-order valence-electron chi connectivity index (χ0n) is 63.8. The van der Waals surface area contributed by atoms with Gasteiger partial charge < -0.3 is 75.8 Å². The van der Waals surface area contributed by atoms with Crippen LogP contribution in [0.4, 0.5) is 0 Å². The van der Waals surface area contributed by atoms with E-state index in [1.54, 1.807) is 127 Å². The molecule has 11 aromatic rings. The lowest BCUT2D eigenvalue weighted by Crippen LogP contribution is -2.69. The summed E-state index contributed by atoms with van der Waals surface area (Å²) >= 11 is 0. The van der Waals surface area contributed by atoms with E-state index < -0.39 is 147 Å². The lowest BCUT2D eigenvalue weighted by Gasteiger charge is -2.51. The molecule has 3 heterocycles. The Morgan fingerprint density at radius 1 is 0.212 bits per heavy atom. The van der Waals surface area contributed by atoms with Gasteiger partial charge in [-0.3, -0.25) is 0 Å². The molecule has 14 rings (SSSR count). The van der Waals surface area contributed by atoms with E-state index in [1.165, 1.54) is 84.9 Å². The fraction of sp³-hybridized carbons (Fsp3) is 0.232. The van der Waals surface area contributed by atoms with Crippen LogP contribution in [0.2, 0.25) is 0 Å². The van der Waals surface area contributed by atoms with E-state index in [0.29, 0.717) is 0 Å². The molecule has 0 spiro atoms.